The molecule has 4 fully saturated rings. The number of hydrogen-bond acceptors (Lipinski definition) is 3. The van der Waals surface area contributed by atoms with Gasteiger partial charge in [-0.2, -0.15) is 0 Å². The van der Waals surface area contributed by atoms with Gasteiger partial charge in [0.2, 0.25) is 0 Å². The highest BCUT2D eigenvalue weighted by Crippen LogP contribution is 2.66. The fraction of sp³-hybridized carbons (Fsp3) is 0.893. The number of carbonyl (C=O) groups excluding carboxylic acids is 1. The lowest BCUT2D eigenvalue weighted by Gasteiger charge is -2.58. The molecule has 32 heavy (non-hydrogen) atoms. The number of ether oxygens (including phenoxy) is 1. The van der Waals surface area contributed by atoms with Gasteiger partial charge in [0, 0.05) is 13.0 Å². The minimum absolute atomic E-state index is 0. The van der Waals surface area contributed by atoms with Gasteiger partial charge in [0.05, 0.1) is 6.42 Å². The summed E-state index contributed by atoms with van der Waals surface area (Å²) in [6.45, 7) is 10.8. The Hall–Kier alpha value is -0.540. The van der Waals surface area contributed by atoms with Gasteiger partial charge in [-0.15, -0.1) is 12.4 Å². The highest BCUT2D eigenvalue weighted by atomic mass is 35.5. The average molecular weight is 464 g/mol. The quantitative estimate of drug-likeness (QED) is 0.332. The molecule has 0 aromatic heterocycles. The minimum atomic E-state index is 0. The first-order valence-electron chi connectivity index (χ1n) is 13.6. The number of carbonyl (C=O) groups is 1. The Morgan fingerprint density at radius 2 is 1.88 bits per heavy atom. The van der Waals surface area contributed by atoms with Crippen molar-refractivity contribution in [3.63, 3.8) is 0 Å². The average Bonchev–Trinajstić information content (AvgIpc) is 3.39. The van der Waals surface area contributed by atoms with Crippen LogP contribution in [0.1, 0.15) is 97.8 Å². The van der Waals surface area contributed by atoms with Gasteiger partial charge in [-0.3, -0.25) is 4.79 Å². The number of hydrogen-bond donors (Lipinski definition) is 0. The van der Waals surface area contributed by atoms with Gasteiger partial charge in [0.1, 0.15) is 6.10 Å². The van der Waals surface area contributed by atoms with Crippen LogP contribution >= 0.6 is 12.4 Å². The molecule has 0 unspecified atom stereocenters. The van der Waals surface area contributed by atoms with Crippen molar-refractivity contribution in [3.05, 3.63) is 11.6 Å². The third-order valence-corrected chi connectivity index (χ3v) is 10.9. The van der Waals surface area contributed by atoms with Gasteiger partial charge < -0.3 is 9.64 Å². The van der Waals surface area contributed by atoms with Gasteiger partial charge >= 0.3 is 5.97 Å². The van der Waals surface area contributed by atoms with E-state index in [2.05, 4.69) is 31.7 Å². The van der Waals surface area contributed by atoms with Crippen molar-refractivity contribution in [2.75, 3.05) is 19.6 Å². The smallest absolute Gasteiger partial charge is 0.307 e. The van der Waals surface area contributed by atoms with Crippen LogP contribution in [0.2, 0.25) is 0 Å². The van der Waals surface area contributed by atoms with Gasteiger partial charge in [-0.1, -0.05) is 38.8 Å². The summed E-state index contributed by atoms with van der Waals surface area (Å²) in [4.78, 5) is 14.9. The summed E-state index contributed by atoms with van der Waals surface area (Å²) in [6, 6.07) is 0. The SMILES string of the molecule is CC[C@H]1CC[C@H]2[C@@H]3CC=C4C[C@@H](OC(=O)CCN5CCCC5)CC[C@]4(C)[C@H]3CC[C@]12C.Cl. The van der Waals surface area contributed by atoms with Crippen molar-refractivity contribution in [1.29, 1.82) is 0 Å². The molecule has 0 bridgehead atoms. The lowest BCUT2D eigenvalue weighted by Crippen LogP contribution is -2.50. The minimum Gasteiger partial charge on any atom is -0.462 e. The lowest BCUT2D eigenvalue weighted by molar-refractivity contribution is -0.151. The molecule has 3 saturated carbocycles. The number of allylic oxidation sites excluding steroid dienone is 1. The van der Waals surface area contributed by atoms with Crippen molar-refractivity contribution in [1.82, 2.24) is 4.90 Å². The van der Waals surface area contributed by atoms with Crippen molar-refractivity contribution < 1.29 is 9.53 Å². The molecule has 0 radical (unpaired) electrons. The summed E-state index contributed by atoms with van der Waals surface area (Å²) in [6.07, 6.45) is 17.6. The maximum Gasteiger partial charge on any atom is 0.307 e. The molecule has 1 saturated heterocycles. The van der Waals surface area contributed by atoms with E-state index >= 15 is 0 Å². The zero-order valence-corrected chi connectivity index (χ0v) is 21.6. The second-order valence-corrected chi connectivity index (χ2v) is 12.1. The maximum atomic E-state index is 12.5. The van der Waals surface area contributed by atoms with Crippen LogP contribution in [0.3, 0.4) is 0 Å². The molecular weight excluding hydrogens is 418 g/mol. The fourth-order valence-electron chi connectivity index (χ4n) is 9.01. The Bertz CT molecular complexity index is 716. The van der Waals surface area contributed by atoms with Crippen LogP contribution in [0.15, 0.2) is 11.6 Å². The monoisotopic (exact) mass is 463 g/mol. The van der Waals surface area contributed by atoms with E-state index in [4.69, 9.17) is 4.74 Å². The second-order valence-electron chi connectivity index (χ2n) is 12.1. The molecular formula is C28H46ClNO2. The van der Waals surface area contributed by atoms with Crippen molar-refractivity contribution in [2.45, 2.75) is 104 Å². The summed E-state index contributed by atoms with van der Waals surface area (Å²) in [7, 11) is 0. The van der Waals surface area contributed by atoms with Crippen LogP contribution in [0.5, 0.6) is 0 Å². The number of rotatable bonds is 5. The van der Waals surface area contributed by atoms with E-state index in [-0.39, 0.29) is 24.5 Å². The Labute approximate surface area is 202 Å². The highest BCUT2D eigenvalue weighted by Gasteiger charge is 2.58. The van der Waals surface area contributed by atoms with Crippen molar-refractivity contribution in [2.24, 2.45) is 34.5 Å². The molecule has 0 aromatic rings. The molecule has 0 spiro atoms. The van der Waals surface area contributed by atoms with Crippen molar-refractivity contribution in [3.8, 4) is 0 Å². The number of likely N-dealkylation sites (tertiary alicyclic amines) is 1. The summed E-state index contributed by atoms with van der Waals surface area (Å²) < 4.78 is 5.99. The number of halogens is 1. The van der Waals surface area contributed by atoms with Gasteiger partial charge in [-0.05, 0) is 105 Å². The number of esters is 1. The zero-order valence-electron chi connectivity index (χ0n) is 20.7. The highest BCUT2D eigenvalue weighted by molar-refractivity contribution is 5.85. The number of nitrogens with zero attached hydrogens (tertiary/aromatic N) is 1. The number of fused-ring (bicyclic) bond motifs is 5. The largest absolute Gasteiger partial charge is 0.462 e. The second kappa shape index (κ2) is 9.61. The molecule has 182 valence electrons. The Morgan fingerprint density at radius 1 is 1.09 bits per heavy atom. The summed E-state index contributed by atoms with van der Waals surface area (Å²) in [5.74, 6) is 3.66. The van der Waals surface area contributed by atoms with E-state index in [9.17, 15) is 4.79 Å². The molecule has 5 aliphatic rings. The van der Waals surface area contributed by atoms with Crippen LogP contribution in [0, 0.1) is 34.5 Å². The molecule has 7 atom stereocenters. The van der Waals surface area contributed by atoms with Crippen LogP contribution < -0.4 is 0 Å². The summed E-state index contributed by atoms with van der Waals surface area (Å²) >= 11 is 0. The standard InChI is InChI=1S/C28H45NO2.ClH/c1-4-20-8-10-24-23-9-7-21-19-22(31-26(30)13-18-29-16-5-6-17-29)11-14-28(21,3)25(23)12-15-27(20,24)2;/h7,20,22-25H,4-6,8-19H2,1-3H3;1H/t20-,22-,23-,24-,25-,27+,28-;/m0./s1. The first-order valence-corrected chi connectivity index (χ1v) is 13.6. The molecule has 0 aromatic carbocycles. The zero-order chi connectivity index (χ0) is 21.6. The third kappa shape index (κ3) is 4.19. The van der Waals surface area contributed by atoms with E-state index in [1.165, 1.54) is 57.8 Å². The van der Waals surface area contributed by atoms with E-state index in [1.54, 1.807) is 5.57 Å². The first kappa shape index (κ1) is 24.6. The van der Waals surface area contributed by atoms with E-state index < -0.39 is 0 Å². The van der Waals surface area contributed by atoms with E-state index in [1.807, 2.05) is 0 Å². The van der Waals surface area contributed by atoms with Gasteiger partial charge in [-0.25, -0.2) is 0 Å². The van der Waals surface area contributed by atoms with Crippen LogP contribution in [-0.2, 0) is 9.53 Å². The Balaban J connectivity index is 0.00000245. The fourth-order valence-corrected chi connectivity index (χ4v) is 9.01. The van der Waals surface area contributed by atoms with Gasteiger partial charge in [0.15, 0.2) is 0 Å². The molecule has 4 aliphatic carbocycles. The third-order valence-electron chi connectivity index (χ3n) is 10.9. The molecule has 1 heterocycles. The van der Waals surface area contributed by atoms with E-state index in [0.717, 1.165) is 56.1 Å². The van der Waals surface area contributed by atoms with Crippen LogP contribution in [0.25, 0.3) is 0 Å². The molecule has 5 rings (SSSR count). The lowest BCUT2D eigenvalue weighted by atomic mass is 9.47. The summed E-state index contributed by atoms with van der Waals surface area (Å²) in [5.41, 5.74) is 2.58. The molecule has 0 N–H and O–H groups in total. The normalized spacial score (nSPS) is 43.5. The molecule has 4 heteroatoms. The van der Waals surface area contributed by atoms with Crippen molar-refractivity contribution >= 4 is 18.4 Å². The van der Waals surface area contributed by atoms with E-state index in [0.29, 0.717) is 17.3 Å². The topological polar surface area (TPSA) is 29.5 Å². The van der Waals surface area contributed by atoms with Gasteiger partial charge in [0.25, 0.3) is 0 Å². The van der Waals surface area contributed by atoms with Crippen LogP contribution in [-0.4, -0.2) is 36.6 Å². The Kier molecular flexibility index (Phi) is 7.38. The van der Waals surface area contributed by atoms with Crippen LogP contribution in [0.4, 0.5) is 0 Å². The predicted molar refractivity (Wildman–Crippen MR) is 133 cm³/mol. The first-order chi connectivity index (χ1) is 14.9. The predicted octanol–water partition coefficient (Wildman–Crippen LogP) is 6.79. The maximum absolute atomic E-state index is 12.5. The molecule has 3 nitrogen and oxygen atoms in total. The molecule has 0 amide bonds. The molecule has 1 aliphatic heterocycles. The summed E-state index contributed by atoms with van der Waals surface area (Å²) in [5, 5.41) is 0. The Morgan fingerprint density at radius 3 is 2.62 bits per heavy atom.